The van der Waals surface area contributed by atoms with E-state index in [0.29, 0.717) is 13.1 Å². The molecule has 4 heteroatoms. The molecule has 0 aliphatic heterocycles. The predicted octanol–water partition coefficient (Wildman–Crippen LogP) is 5.43. The Morgan fingerprint density at radius 2 is 0.536 bits per heavy atom. The van der Waals surface area contributed by atoms with Crippen LogP contribution in [0.15, 0.2) is 0 Å². The molecule has 0 fully saturated rings. The number of aliphatic hydroxyl groups is 2. The average molecular weight is 401 g/mol. The Hall–Kier alpha value is -0.160. The third kappa shape index (κ3) is 22.1. The average Bonchev–Trinajstić information content (AvgIpc) is 2.71. The summed E-state index contributed by atoms with van der Waals surface area (Å²) in [5, 5.41) is 18.8. The summed E-state index contributed by atoms with van der Waals surface area (Å²) in [4.78, 5) is 0. The van der Waals surface area contributed by atoms with Crippen molar-refractivity contribution in [2.24, 2.45) is 11.5 Å². The standard InChI is InChI=1S/C24H52N2O2/c25-21-23(27)19-17-15-13-11-9-7-5-3-1-2-4-6-8-10-12-14-16-18-20-24(28)22-26/h23-24,27-28H,1-22,25-26H2. The van der Waals surface area contributed by atoms with Gasteiger partial charge in [-0.05, 0) is 12.8 Å². The molecule has 0 aliphatic rings. The van der Waals surface area contributed by atoms with E-state index in [1.54, 1.807) is 0 Å². The molecule has 28 heavy (non-hydrogen) atoms. The maximum atomic E-state index is 9.39. The molecule has 0 rings (SSSR count). The number of unbranched alkanes of at least 4 members (excludes halogenated alkanes) is 17. The Morgan fingerprint density at radius 1 is 0.357 bits per heavy atom. The molecule has 0 heterocycles. The van der Waals surface area contributed by atoms with Crippen molar-refractivity contribution in [1.82, 2.24) is 0 Å². The zero-order chi connectivity index (χ0) is 20.7. The van der Waals surface area contributed by atoms with Gasteiger partial charge in [-0.25, -0.2) is 0 Å². The summed E-state index contributed by atoms with van der Waals surface area (Å²) in [5.74, 6) is 0. The van der Waals surface area contributed by atoms with Crippen LogP contribution in [0.2, 0.25) is 0 Å². The third-order valence-electron chi connectivity index (χ3n) is 5.87. The first kappa shape index (κ1) is 27.8. The van der Waals surface area contributed by atoms with E-state index in [9.17, 15) is 10.2 Å². The van der Waals surface area contributed by atoms with Crippen molar-refractivity contribution in [3.05, 3.63) is 0 Å². The number of rotatable bonds is 23. The molecule has 0 aromatic carbocycles. The van der Waals surface area contributed by atoms with Gasteiger partial charge in [-0.1, -0.05) is 116 Å². The first-order valence-electron chi connectivity index (χ1n) is 12.5. The Balaban J connectivity index is 3.03. The highest BCUT2D eigenvalue weighted by molar-refractivity contribution is 4.57. The van der Waals surface area contributed by atoms with E-state index in [4.69, 9.17) is 11.5 Å². The summed E-state index contributed by atoms with van der Waals surface area (Å²) < 4.78 is 0. The minimum Gasteiger partial charge on any atom is -0.392 e. The van der Waals surface area contributed by atoms with Crippen molar-refractivity contribution in [1.29, 1.82) is 0 Å². The van der Waals surface area contributed by atoms with Crippen LogP contribution in [0.25, 0.3) is 0 Å². The molecule has 0 bridgehead atoms. The van der Waals surface area contributed by atoms with Crippen LogP contribution in [0.4, 0.5) is 0 Å². The molecule has 2 unspecified atom stereocenters. The molecule has 0 saturated heterocycles. The quantitative estimate of drug-likeness (QED) is 0.172. The molecule has 4 nitrogen and oxygen atoms in total. The van der Waals surface area contributed by atoms with Crippen LogP contribution in [-0.4, -0.2) is 35.5 Å². The van der Waals surface area contributed by atoms with E-state index in [2.05, 4.69) is 0 Å². The minimum atomic E-state index is -0.285. The van der Waals surface area contributed by atoms with E-state index < -0.39 is 0 Å². The Bertz CT molecular complexity index is 262. The van der Waals surface area contributed by atoms with Crippen LogP contribution in [0.1, 0.15) is 128 Å². The third-order valence-corrected chi connectivity index (χ3v) is 5.87. The molecule has 2 atom stereocenters. The molecule has 0 amide bonds. The maximum Gasteiger partial charge on any atom is 0.0662 e. The van der Waals surface area contributed by atoms with E-state index in [1.165, 1.54) is 103 Å². The van der Waals surface area contributed by atoms with Gasteiger partial charge in [0.05, 0.1) is 12.2 Å². The highest BCUT2D eigenvalue weighted by Gasteiger charge is 2.01. The SMILES string of the molecule is NCC(O)CCCCCCCCCCCCCCCCCCCCC(O)CN. The molecule has 0 aromatic rings. The van der Waals surface area contributed by atoms with E-state index in [0.717, 1.165) is 25.7 Å². The van der Waals surface area contributed by atoms with Gasteiger partial charge in [0.1, 0.15) is 0 Å². The Kier molecular flexibility index (Phi) is 23.0. The maximum absolute atomic E-state index is 9.39. The normalized spacial score (nSPS) is 13.7. The van der Waals surface area contributed by atoms with Gasteiger partial charge in [0.25, 0.3) is 0 Å². The molecule has 170 valence electrons. The first-order valence-corrected chi connectivity index (χ1v) is 12.5. The van der Waals surface area contributed by atoms with Gasteiger partial charge < -0.3 is 21.7 Å². The fraction of sp³-hybridized carbons (Fsp3) is 1.00. The predicted molar refractivity (Wildman–Crippen MR) is 122 cm³/mol. The fourth-order valence-electron chi connectivity index (χ4n) is 3.82. The molecule has 0 spiro atoms. The Labute approximate surface area is 175 Å². The molecule has 0 aliphatic carbocycles. The number of hydrogen-bond acceptors (Lipinski definition) is 4. The number of aliphatic hydroxyl groups excluding tert-OH is 2. The smallest absolute Gasteiger partial charge is 0.0662 e. The second-order valence-electron chi connectivity index (χ2n) is 8.72. The van der Waals surface area contributed by atoms with Crippen molar-refractivity contribution in [3.63, 3.8) is 0 Å². The van der Waals surface area contributed by atoms with Crippen molar-refractivity contribution in [3.8, 4) is 0 Å². The van der Waals surface area contributed by atoms with Gasteiger partial charge in [0.2, 0.25) is 0 Å². The van der Waals surface area contributed by atoms with E-state index >= 15 is 0 Å². The van der Waals surface area contributed by atoms with Crippen LogP contribution in [-0.2, 0) is 0 Å². The molecular formula is C24H52N2O2. The van der Waals surface area contributed by atoms with Crippen LogP contribution in [0, 0.1) is 0 Å². The lowest BCUT2D eigenvalue weighted by Gasteiger charge is -2.07. The van der Waals surface area contributed by atoms with Gasteiger partial charge in [-0.3, -0.25) is 0 Å². The molecule has 6 N–H and O–H groups in total. The van der Waals surface area contributed by atoms with Crippen molar-refractivity contribution < 1.29 is 10.2 Å². The molecule has 0 aromatic heterocycles. The van der Waals surface area contributed by atoms with Gasteiger partial charge in [-0.15, -0.1) is 0 Å². The van der Waals surface area contributed by atoms with Gasteiger partial charge >= 0.3 is 0 Å². The monoisotopic (exact) mass is 400 g/mol. The summed E-state index contributed by atoms with van der Waals surface area (Å²) in [7, 11) is 0. The van der Waals surface area contributed by atoms with E-state index in [1.807, 2.05) is 0 Å². The first-order chi connectivity index (χ1) is 13.7. The summed E-state index contributed by atoms with van der Waals surface area (Å²) in [6, 6.07) is 0. The molecule has 0 saturated carbocycles. The zero-order valence-corrected chi connectivity index (χ0v) is 18.8. The summed E-state index contributed by atoms with van der Waals surface area (Å²) in [6.07, 6.45) is 25.3. The molecular weight excluding hydrogens is 348 g/mol. The Morgan fingerprint density at radius 3 is 0.714 bits per heavy atom. The van der Waals surface area contributed by atoms with Crippen molar-refractivity contribution in [2.45, 2.75) is 141 Å². The lowest BCUT2D eigenvalue weighted by molar-refractivity contribution is 0.168. The number of hydrogen-bond donors (Lipinski definition) is 4. The summed E-state index contributed by atoms with van der Waals surface area (Å²) in [5.41, 5.74) is 10.8. The lowest BCUT2D eigenvalue weighted by Crippen LogP contribution is -2.19. The van der Waals surface area contributed by atoms with Gasteiger partial charge in [0, 0.05) is 13.1 Å². The van der Waals surface area contributed by atoms with Crippen molar-refractivity contribution in [2.75, 3.05) is 13.1 Å². The molecule has 0 radical (unpaired) electrons. The summed E-state index contributed by atoms with van der Waals surface area (Å²) in [6.45, 7) is 0.810. The van der Waals surface area contributed by atoms with Crippen LogP contribution >= 0.6 is 0 Å². The second kappa shape index (κ2) is 23.1. The summed E-state index contributed by atoms with van der Waals surface area (Å²) >= 11 is 0. The van der Waals surface area contributed by atoms with Gasteiger partial charge in [-0.2, -0.15) is 0 Å². The van der Waals surface area contributed by atoms with E-state index in [-0.39, 0.29) is 12.2 Å². The van der Waals surface area contributed by atoms with Crippen molar-refractivity contribution >= 4 is 0 Å². The fourth-order valence-corrected chi connectivity index (χ4v) is 3.82. The lowest BCUT2D eigenvalue weighted by atomic mass is 10.0. The topological polar surface area (TPSA) is 92.5 Å². The largest absolute Gasteiger partial charge is 0.392 e. The highest BCUT2D eigenvalue weighted by Crippen LogP contribution is 2.15. The highest BCUT2D eigenvalue weighted by atomic mass is 16.3. The zero-order valence-electron chi connectivity index (χ0n) is 18.8. The van der Waals surface area contributed by atoms with Crippen LogP contribution in [0.5, 0.6) is 0 Å². The minimum absolute atomic E-state index is 0.285. The van der Waals surface area contributed by atoms with Crippen LogP contribution in [0.3, 0.4) is 0 Å². The second-order valence-corrected chi connectivity index (χ2v) is 8.72. The number of nitrogens with two attached hydrogens (primary N) is 2. The van der Waals surface area contributed by atoms with Gasteiger partial charge in [0.15, 0.2) is 0 Å². The van der Waals surface area contributed by atoms with Crippen LogP contribution < -0.4 is 11.5 Å².